The van der Waals surface area contributed by atoms with Gasteiger partial charge in [0, 0.05) is 19.6 Å². The number of carboxylic acids is 1. The quantitative estimate of drug-likeness (QED) is 0.923. The van der Waals surface area contributed by atoms with Gasteiger partial charge in [-0.1, -0.05) is 23.4 Å². The molecule has 0 spiro atoms. The van der Waals surface area contributed by atoms with Crippen LogP contribution in [0.25, 0.3) is 5.69 Å². The Hall–Kier alpha value is -2.42. The Morgan fingerprint density at radius 2 is 2.00 bits per heavy atom. The van der Waals surface area contributed by atoms with E-state index in [0.29, 0.717) is 5.69 Å². The fourth-order valence-electron chi connectivity index (χ4n) is 2.93. The van der Waals surface area contributed by atoms with Crippen LogP contribution in [0.5, 0.6) is 0 Å². The van der Waals surface area contributed by atoms with E-state index in [2.05, 4.69) is 10.3 Å². The summed E-state index contributed by atoms with van der Waals surface area (Å²) in [5.74, 6) is -1.83. The Morgan fingerprint density at radius 3 is 2.58 bits per heavy atom. The molecular formula is C15H15F3N4O2. The highest BCUT2D eigenvalue weighted by molar-refractivity contribution is 5.76. The molecule has 6 nitrogen and oxygen atoms in total. The zero-order valence-corrected chi connectivity index (χ0v) is 12.6. The SMILES string of the molecule is O=C(O)C1(C(F)(F)F)CCN(Cc2cnnn2-c2ccccc2)C1. The van der Waals surface area contributed by atoms with Gasteiger partial charge < -0.3 is 5.11 Å². The highest BCUT2D eigenvalue weighted by atomic mass is 19.4. The largest absolute Gasteiger partial charge is 0.481 e. The molecule has 9 heteroatoms. The van der Waals surface area contributed by atoms with Gasteiger partial charge in [-0.15, -0.1) is 5.10 Å². The van der Waals surface area contributed by atoms with Crippen LogP contribution in [0.15, 0.2) is 36.5 Å². The summed E-state index contributed by atoms with van der Waals surface area (Å²) in [7, 11) is 0. The lowest BCUT2D eigenvalue weighted by atomic mass is 9.86. The first-order valence-electron chi connectivity index (χ1n) is 7.31. The Morgan fingerprint density at radius 1 is 1.29 bits per heavy atom. The van der Waals surface area contributed by atoms with Gasteiger partial charge in [0.05, 0.1) is 17.6 Å². The van der Waals surface area contributed by atoms with E-state index < -0.39 is 30.5 Å². The molecule has 0 bridgehead atoms. The maximum Gasteiger partial charge on any atom is 0.406 e. The number of alkyl halides is 3. The van der Waals surface area contributed by atoms with Gasteiger partial charge in [-0.3, -0.25) is 9.69 Å². The van der Waals surface area contributed by atoms with Crippen molar-refractivity contribution in [1.82, 2.24) is 19.9 Å². The number of aromatic nitrogens is 3. The standard InChI is InChI=1S/C15H15F3N4O2/c16-15(17,18)14(13(23)24)6-7-21(10-14)9-12-8-19-20-22(12)11-4-2-1-3-5-11/h1-5,8H,6-7,9-10H2,(H,23,24). The summed E-state index contributed by atoms with van der Waals surface area (Å²) in [6.07, 6.45) is -3.77. The summed E-state index contributed by atoms with van der Waals surface area (Å²) in [6.45, 7) is -0.384. The molecule has 1 aromatic heterocycles. The van der Waals surface area contributed by atoms with Gasteiger partial charge in [-0.25, -0.2) is 4.68 Å². The molecule has 1 N–H and O–H groups in total. The molecule has 128 valence electrons. The van der Waals surface area contributed by atoms with Crippen molar-refractivity contribution in [2.24, 2.45) is 5.41 Å². The second-order valence-corrected chi connectivity index (χ2v) is 5.82. The zero-order chi connectivity index (χ0) is 17.4. The van der Waals surface area contributed by atoms with Crippen molar-refractivity contribution in [2.75, 3.05) is 13.1 Å². The molecule has 1 fully saturated rings. The molecule has 0 amide bonds. The maximum absolute atomic E-state index is 13.2. The number of aliphatic carboxylic acids is 1. The van der Waals surface area contributed by atoms with E-state index in [1.807, 2.05) is 18.2 Å². The number of hydrogen-bond acceptors (Lipinski definition) is 4. The van der Waals surface area contributed by atoms with Crippen LogP contribution in [0, 0.1) is 5.41 Å². The normalized spacial score (nSPS) is 22.0. The van der Waals surface area contributed by atoms with Gasteiger partial charge >= 0.3 is 12.1 Å². The van der Waals surface area contributed by atoms with E-state index in [4.69, 9.17) is 5.11 Å². The Bertz CT molecular complexity index is 732. The third kappa shape index (κ3) is 2.75. The highest BCUT2D eigenvalue weighted by Gasteiger charge is 2.63. The average Bonchev–Trinajstić information content (AvgIpc) is 3.15. The van der Waals surface area contributed by atoms with E-state index in [1.165, 1.54) is 15.8 Å². The van der Waals surface area contributed by atoms with Crippen molar-refractivity contribution < 1.29 is 23.1 Å². The van der Waals surface area contributed by atoms with E-state index in [1.54, 1.807) is 12.1 Å². The number of likely N-dealkylation sites (tertiary alicyclic amines) is 1. The fraction of sp³-hybridized carbons (Fsp3) is 0.400. The molecule has 1 atom stereocenters. The first-order valence-corrected chi connectivity index (χ1v) is 7.31. The lowest BCUT2D eigenvalue weighted by Gasteiger charge is -2.27. The van der Waals surface area contributed by atoms with Crippen molar-refractivity contribution in [3.63, 3.8) is 0 Å². The molecule has 0 radical (unpaired) electrons. The van der Waals surface area contributed by atoms with Crippen molar-refractivity contribution in [3.05, 3.63) is 42.2 Å². The second kappa shape index (κ2) is 5.90. The molecule has 1 aromatic carbocycles. The first kappa shape index (κ1) is 16.4. The summed E-state index contributed by atoms with van der Waals surface area (Å²) in [5, 5.41) is 16.9. The highest BCUT2D eigenvalue weighted by Crippen LogP contribution is 2.46. The molecule has 1 saturated heterocycles. The molecular weight excluding hydrogens is 325 g/mol. The third-order valence-corrected chi connectivity index (χ3v) is 4.31. The number of benzene rings is 1. The van der Waals surface area contributed by atoms with Gasteiger partial charge in [0.25, 0.3) is 0 Å². The molecule has 1 aliphatic rings. The lowest BCUT2D eigenvalue weighted by Crippen LogP contribution is -2.47. The molecule has 3 rings (SSSR count). The summed E-state index contributed by atoms with van der Waals surface area (Å²) in [5.41, 5.74) is -1.37. The third-order valence-electron chi connectivity index (χ3n) is 4.31. The van der Waals surface area contributed by atoms with Crippen LogP contribution >= 0.6 is 0 Å². The van der Waals surface area contributed by atoms with Gasteiger partial charge in [-0.05, 0) is 18.6 Å². The van der Waals surface area contributed by atoms with Crippen molar-refractivity contribution >= 4 is 5.97 Å². The minimum Gasteiger partial charge on any atom is -0.481 e. The predicted octanol–water partition coefficient (Wildman–Crippen LogP) is 2.11. The number of rotatable bonds is 4. The van der Waals surface area contributed by atoms with Crippen LogP contribution in [-0.2, 0) is 11.3 Å². The zero-order valence-electron chi connectivity index (χ0n) is 12.6. The van der Waals surface area contributed by atoms with E-state index in [0.717, 1.165) is 5.69 Å². The molecule has 1 aliphatic heterocycles. The maximum atomic E-state index is 13.2. The fourth-order valence-corrected chi connectivity index (χ4v) is 2.93. The Balaban J connectivity index is 1.80. The van der Waals surface area contributed by atoms with Crippen LogP contribution in [0.1, 0.15) is 12.1 Å². The number of carboxylic acid groups (broad SMARTS) is 1. The van der Waals surface area contributed by atoms with Crippen LogP contribution < -0.4 is 0 Å². The minimum atomic E-state index is -4.79. The summed E-state index contributed by atoms with van der Waals surface area (Å²) < 4.78 is 41.2. The second-order valence-electron chi connectivity index (χ2n) is 5.82. The molecule has 24 heavy (non-hydrogen) atoms. The molecule has 0 saturated carbocycles. The first-order chi connectivity index (χ1) is 11.3. The molecule has 1 unspecified atom stereocenters. The predicted molar refractivity (Wildman–Crippen MR) is 77.4 cm³/mol. The van der Waals surface area contributed by atoms with Gasteiger partial charge in [0.15, 0.2) is 5.41 Å². The smallest absolute Gasteiger partial charge is 0.406 e. The summed E-state index contributed by atoms with van der Waals surface area (Å²) >= 11 is 0. The van der Waals surface area contributed by atoms with Crippen molar-refractivity contribution in [3.8, 4) is 5.69 Å². The molecule has 0 aliphatic carbocycles. The van der Waals surface area contributed by atoms with E-state index in [-0.39, 0.29) is 13.1 Å². The van der Waals surface area contributed by atoms with Crippen molar-refractivity contribution in [1.29, 1.82) is 0 Å². The average molecular weight is 340 g/mol. The molecule has 2 heterocycles. The van der Waals surface area contributed by atoms with Crippen LogP contribution in [0.3, 0.4) is 0 Å². The molecule has 2 aromatic rings. The summed E-state index contributed by atoms with van der Waals surface area (Å²) in [6, 6.07) is 9.08. The van der Waals surface area contributed by atoms with E-state index in [9.17, 15) is 18.0 Å². The van der Waals surface area contributed by atoms with E-state index >= 15 is 0 Å². The number of carbonyl (C=O) groups is 1. The van der Waals surface area contributed by atoms with Gasteiger partial charge in [-0.2, -0.15) is 13.2 Å². The number of hydrogen-bond donors (Lipinski definition) is 1. The summed E-state index contributed by atoms with van der Waals surface area (Å²) in [4.78, 5) is 12.7. The lowest BCUT2D eigenvalue weighted by molar-refractivity contribution is -0.227. The number of para-hydroxylation sites is 1. The Labute approximate surface area is 135 Å². The number of halogens is 3. The number of nitrogens with zero attached hydrogens (tertiary/aromatic N) is 4. The van der Waals surface area contributed by atoms with Crippen LogP contribution in [0.4, 0.5) is 13.2 Å². The van der Waals surface area contributed by atoms with Crippen molar-refractivity contribution in [2.45, 2.75) is 19.1 Å². The van der Waals surface area contributed by atoms with Crippen LogP contribution in [0.2, 0.25) is 0 Å². The van der Waals surface area contributed by atoms with Crippen LogP contribution in [-0.4, -0.2) is 50.2 Å². The van der Waals surface area contributed by atoms with Gasteiger partial charge in [0.1, 0.15) is 0 Å². The minimum absolute atomic E-state index is 0.0474. The topological polar surface area (TPSA) is 71.2 Å². The van der Waals surface area contributed by atoms with Gasteiger partial charge in [0.2, 0.25) is 0 Å². The Kier molecular flexibility index (Phi) is 4.04. The monoisotopic (exact) mass is 340 g/mol.